The van der Waals surface area contributed by atoms with Crippen LogP contribution in [-0.2, 0) is 52.7 Å². The molecule has 5 amide bonds. The number of hydrogen-bond acceptors (Lipinski definition) is 11. The third-order valence-corrected chi connectivity index (χ3v) is 7.45. The maximum atomic E-state index is 13.0. The first kappa shape index (κ1) is 32.7. The molecule has 0 aliphatic carbocycles. The molecule has 0 bridgehead atoms. The van der Waals surface area contributed by atoms with E-state index in [1.165, 1.54) is 0 Å². The number of nitrogens with zero attached hydrogens (tertiary/aromatic N) is 3. The monoisotopic (exact) mass is 591 g/mol. The topological polar surface area (TPSA) is 166 Å². The number of ether oxygens (including phenoxy) is 2. The van der Waals surface area contributed by atoms with Crippen LogP contribution in [0.2, 0.25) is 0 Å². The highest BCUT2D eigenvalue weighted by atomic mass is 16.7. The molecule has 2 atom stereocenters. The zero-order chi connectivity index (χ0) is 30.9. The van der Waals surface area contributed by atoms with Gasteiger partial charge in [-0.2, -0.15) is 0 Å². The summed E-state index contributed by atoms with van der Waals surface area (Å²) in [7, 11) is 0. The van der Waals surface area contributed by atoms with Gasteiger partial charge in [0.2, 0.25) is 5.91 Å². The van der Waals surface area contributed by atoms with E-state index < -0.39 is 41.0 Å². The quantitative estimate of drug-likeness (QED) is 0.207. The van der Waals surface area contributed by atoms with Gasteiger partial charge >= 0.3 is 11.9 Å². The summed E-state index contributed by atoms with van der Waals surface area (Å²) >= 11 is 0. The van der Waals surface area contributed by atoms with Gasteiger partial charge in [-0.25, -0.2) is 9.59 Å². The van der Waals surface area contributed by atoms with Gasteiger partial charge < -0.3 is 24.0 Å². The lowest BCUT2D eigenvalue weighted by Gasteiger charge is -2.41. The van der Waals surface area contributed by atoms with E-state index in [-0.39, 0.29) is 95.6 Å². The third-order valence-electron chi connectivity index (χ3n) is 7.45. The van der Waals surface area contributed by atoms with Crippen LogP contribution >= 0.6 is 0 Å². The lowest BCUT2D eigenvalue weighted by Crippen LogP contribution is -2.46. The van der Waals surface area contributed by atoms with E-state index >= 15 is 0 Å². The lowest BCUT2D eigenvalue weighted by atomic mass is 9.73. The van der Waals surface area contributed by atoms with Gasteiger partial charge in [-0.15, -0.1) is 16.5 Å². The molecule has 14 nitrogen and oxygen atoms in total. The number of carbonyl (C=O) groups excluding carboxylic acids is 7. The molecule has 0 spiro atoms. The molecule has 3 aliphatic rings. The van der Waals surface area contributed by atoms with Crippen LogP contribution in [-0.4, -0.2) is 95.0 Å². The van der Waals surface area contributed by atoms with Crippen molar-refractivity contribution in [1.82, 2.24) is 15.0 Å². The van der Waals surface area contributed by atoms with Crippen LogP contribution in [0.3, 0.4) is 0 Å². The molecule has 0 aromatic rings. The minimum atomic E-state index is -1.07. The van der Waals surface area contributed by atoms with E-state index in [1.807, 2.05) is 6.92 Å². The number of hydrogen-bond donors (Lipinski definition) is 0. The molecule has 14 heteroatoms. The summed E-state index contributed by atoms with van der Waals surface area (Å²) in [6, 6.07) is 0. The Hall–Kier alpha value is -3.83. The molecule has 3 aliphatic heterocycles. The molecule has 0 aromatic carbocycles. The molecule has 0 saturated carbocycles. The molecular formula is C28H37N3O11. The number of terminal acetylenes is 1. The molecule has 3 saturated heterocycles. The molecule has 3 fully saturated rings. The van der Waals surface area contributed by atoms with E-state index in [9.17, 15) is 33.6 Å². The molecule has 0 aromatic heterocycles. The van der Waals surface area contributed by atoms with Crippen molar-refractivity contribution in [3.8, 4) is 12.3 Å². The maximum Gasteiger partial charge on any atom is 0.333 e. The van der Waals surface area contributed by atoms with Crippen LogP contribution in [0.5, 0.6) is 0 Å². The zero-order valence-corrected chi connectivity index (χ0v) is 24.0. The van der Waals surface area contributed by atoms with Gasteiger partial charge in [0.15, 0.2) is 0 Å². The van der Waals surface area contributed by atoms with Gasteiger partial charge in [0.1, 0.15) is 6.61 Å². The van der Waals surface area contributed by atoms with Crippen LogP contribution < -0.4 is 0 Å². The fraction of sp³-hybridized carbons (Fsp3) is 0.679. The SMILES string of the molecule is C#CCOC(C)CCOC(C)CC(=O)N1CCC(CC(=O)ON2C(=O)CCC2=O)(CC(=O)ON2C(=O)CCC2=O)CC1. The Morgan fingerprint density at radius 2 is 1.29 bits per heavy atom. The molecular weight excluding hydrogens is 554 g/mol. The minimum absolute atomic E-state index is 0.0702. The Kier molecular flexibility index (Phi) is 11.6. The summed E-state index contributed by atoms with van der Waals surface area (Å²) in [5.74, 6) is -2.12. The smallest absolute Gasteiger partial charge is 0.333 e. The Morgan fingerprint density at radius 1 is 0.810 bits per heavy atom. The van der Waals surface area contributed by atoms with Crippen LogP contribution in [0.25, 0.3) is 0 Å². The highest BCUT2D eigenvalue weighted by molar-refractivity contribution is 6.02. The lowest BCUT2D eigenvalue weighted by molar-refractivity contribution is -0.203. The fourth-order valence-electron chi connectivity index (χ4n) is 4.99. The Bertz CT molecular complexity index is 1040. The average molecular weight is 592 g/mol. The number of amides is 5. The number of imide groups is 2. The summed E-state index contributed by atoms with van der Waals surface area (Å²) < 4.78 is 11.1. The molecule has 230 valence electrons. The van der Waals surface area contributed by atoms with E-state index in [0.717, 1.165) is 0 Å². The van der Waals surface area contributed by atoms with E-state index in [2.05, 4.69) is 5.92 Å². The first-order chi connectivity index (χ1) is 19.9. The summed E-state index contributed by atoms with van der Waals surface area (Å²) in [4.78, 5) is 97.8. The zero-order valence-electron chi connectivity index (χ0n) is 24.0. The fourth-order valence-corrected chi connectivity index (χ4v) is 4.99. The molecule has 2 unspecified atom stereocenters. The van der Waals surface area contributed by atoms with Crippen molar-refractivity contribution in [1.29, 1.82) is 0 Å². The summed E-state index contributed by atoms with van der Waals surface area (Å²) in [6.07, 6.45) is 4.85. The van der Waals surface area contributed by atoms with Crippen molar-refractivity contribution in [2.75, 3.05) is 26.3 Å². The average Bonchev–Trinajstić information content (AvgIpc) is 3.42. The number of carbonyl (C=O) groups is 7. The number of hydroxylamine groups is 4. The highest BCUT2D eigenvalue weighted by Gasteiger charge is 2.43. The van der Waals surface area contributed by atoms with Crippen LogP contribution in [0, 0.1) is 17.8 Å². The Labute approximate surface area is 243 Å². The van der Waals surface area contributed by atoms with Crippen molar-refractivity contribution in [3.63, 3.8) is 0 Å². The minimum Gasteiger partial charge on any atom is -0.378 e. The molecule has 42 heavy (non-hydrogen) atoms. The third kappa shape index (κ3) is 9.09. The predicted octanol–water partition coefficient (Wildman–Crippen LogP) is 0.813. The highest BCUT2D eigenvalue weighted by Crippen LogP contribution is 2.40. The van der Waals surface area contributed by atoms with Crippen molar-refractivity contribution < 1.29 is 52.7 Å². The van der Waals surface area contributed by atoms with Crippen molar-refractivity contribution in [2.24, 2.45) is 5.41 Å². The van der Waals surface area contributed by atoms with E-state index in [4.69, 9.17) is 25.6 Å². The first-order valence-electron chi connectivity index (χ1n) is 14.0. The normalized spacial score (nSPS) is 20.0. The van der Waals surface area contributed by atoms with Gasteiger partial charge in [0.25, 0.3) is 23.6 Å². The van der Waals surface area contributed by atoms with Gasteiger partial charge in [-0.3, -0.25) is 24.0 Å². The molecule has 0 N–H and O–H groups in total. The Balaban J connectivity index is 1.57. The first-order valence-corrected chi connectivity index (χ1v) is 14.0. The second-order valence-electron chi connectivity index (χ2n) is 10.8. The summed E-state index contributed by atoms with van der Waals surface area (Å²) in [5.41, 5.74) is -1.07. The summed E-state index contributed by atoms with van der Waals surface area (Å²) in [5, 5.41) is 0.857. The van der Waals surface area contributed by atoms with Crippen LogP contribution in [0.15, 0.2) is 0 Å². The predicted molar refractivity (Wildman–Crippen MR) is 141 cm³/mol. The van der Waals surface area contributed by atoms with Gasteiger partial charge in [0, 0.05) is 45.4 Å². The standard InChI is InChI=1S/C28H37N3O11/c1-4-14-39-19(2)9-15-40-20(3)16-25(36)29-12-10-28(11-13-29,17-26(37)41-30-21(32)5-6-22(30)33)18-27(38)42-31-23(34)7-8-24(31)35/h1,19-20H,5-18H2,2-3H3. The second-order valence-corrected chi connectivity index (χ2v) is 10.8. The van der Waals surface area contributed by atoms with Gasteiger partial charge in [0.05, 0.1) is 31.5 Å². The molecule has 0 radical (unpaired) electrons. The maximum absolute atomic E-state index is 13.0. The second kappa shape index (κ2) is 14.9. The molecule has 3 heterocycles. The summed E-state index contributed by atoms with van der Waals surface area (Å²) in [6.45, 7) is 4.66. The van der Waals surface area contributed by atoms with Crippen molar-refractivity contribution >= 4 is 41.5 Å². The molecule has 3 rings (SSSR count). The van der Waals surface area contributed by atoms with E-state index in [1.54, 1.807) is 11.8 Å². The van der Waals surface area contributed by atoms with Crippen LogP contribution in [0.1, 0.15) is 78.1 Å². The largest absolute Gasteiger partial charge is 0.378 e. The van der Waals surface area contributed by atoms with Gasteiger partial charge in [-0.05, 0) is 38.5 Å². The van der Waals surface area contributed by atoms with Crippen molar-refractivity contribution in [3.05, 3.63) is 0 Å². The van der Waals surface area contributed by atoms with Crippen molar-refractivity contribution in [2.45, 2.75) is 90.3 Å². The van der Waals surface area contributed by atoms with E-state index in [0.29, 0.717) is 23.2 Å². The van der Waals surface area contributed by atoms with Crippen LogP contribution in [0.4, 0.5) is 0 Å². The number of rotatable bonds is 14. The number of likely N-dealkylation sites (tertiary alicyclic amines) is 1. The number of piperidine rings is 1. The Morgan fingerprint density at radius 3 is 1.74 bits per heavy atom. The van der Waals surface area contributed by atoms with Gasteiger partial charge in [-0.1, -0.05) is 5.92 Å².